The maximum Gasteiger partial charge on any atom is 0.278 e. The first-order valence-electron chi connectivity index (χ1n) is 7.21. The Morgan fingerprint density at radius 1 is 1.20 bits per heavy atom. The molecule has 0 N–H and O–H groups in total. The van der Waals surface area contributed by atoms with Crippen LogP contribution in [0.2, 0.25) is 0 Å². The van der Waals surface area contributed by atoms with Crippen molar-refractivity contribution in [3.05, 3.63) is 52.3 Å². The fourth-order valence-electron chi connectivity index (χ4n) is 2.52. The van der Waals surface area contributed by atoms with Crippen LogP contribution in [0.4, 0.5) is 0 Å². The van der Waals surface area contributed by atoms with E-state index in [0.717, 1.165) is 41.8 Å². The van der Waals surface area contributed by atoms with Gasteiger partial charge in [0.2, 0.25) is 0 Å². The molecule has 0 aliphatic rings. The topological polar surface area (TPSA) is 34.9 Å². The maximum atomic E-state index is 12.6. The SMILES string of the molecule is CCCCc1c(C)nn(C(=O)c2ccccc2C)c1C. The summed E-state index contributed by atoms with van der Waals surface area (Å²) in [7, 11) is 0. The quantitative estimate of drug-likeness (QED) is 0.846. The zero-order valence-electron chi connectivity index (χ0n) is 12.7. The number of carbonyl (C=O) groups excluding carboxylic acids is 1. The molecule has 0 aliphatic heterocycles. The van der Waals surface area contributed by atoms with E-state index in [0.29, 0.717) is 0 Å². The van der Waals surface area contributed by atoms with E-state index < -0.39 is 0 Å². The molecule has 0 saturated carbocycles. The summed E-state index contributed by atoms with van der Waals surface area (Å²) in [4.78, 5) is 12.6. The Morgan fingerprint density at radius 3 is 2.55 bits per heavy atom. The van der Waals surface area contributed by atoms with Crippen molar-refractivity contribution in [3.63, 3.8) is 0 Å². The van der Waals surface area contributed by atoms with Crippen LogP contribution in [0.5, 0.6) is 0 Å². The first kappa shape index (κ1) is 14.5. The van der Waals surface area contributed by atoms with Crippen molar-refractivity contribution in [2.24, 2.45) is 0 Å². The summed E-state index contributed by atoms with van der Waals surface area (Å²) in [6, 6.07) is 7.65. The van der Waals surface area contributed by atoms with Gasteiger partial charge in [-0.15, -0.1) is 0 Å². The third kappa shape index (κ3) is 2.67. The van der Waals surface area contributed by atoms with Crippen LogP contribution in [0.15, 0.2) is 24.3 Å². The van der Waals surface area contributed by atoms with Gasteiger partial charge in [-0.1, -0.05) is 31.5 Å². The number of nitrogens with zero attached hydrogens (tertiary/aromatic N) is 2. The molecule has 0 spiro atoms. The molecule has 1 heterocycles. The number of benzene rings is 1. The van der Waals surface area contributed by atoms with Crippen LogP contribution in [0.3, 0.4) is 0 Å². The molecule has 0 unspecified atom stereocenters. The van der Waals surface area contributed by atoms with Crippen molar-refractivity contribution in [2.45, 2.75) is 47.0 Å². The second-order valence-corrected chi connectivity index (χ2v) is 5.28. The molecule has 0 bridgehead atoms. The van der Waals surface area contributed by atoms with Gasteiger partial charge < -0.3 is 0 Å². The van der Waals surface area contributed by atoms with E-state index >= 15 is 0 Å². The van der Waals surface area contributed by atoms with Crippen molar-refractivity contribution in [1.29, 1.82) is 0 Å². The van der Waals surface area contributed by atoms with Crippen LogP contribution >= 0.6 is 0 Å². The van der Waals surface area contributed by atoms with Gasteiger partial charge >= 0.3 is 0 Å². The molecule has 20 heavy (non-hydrogen) atoms. The lowest BCUT2D eigenvalue weighted by molar-refractivity contribution is 0.0941. The minimum Gasteiger partial charge on any atom is -0.267 e. The van der Waals surface area contributed by atoms with Gasteiger partial charge in [0.1, 0.15) is 0 Å². The van der Waals surface area contributed by atoms with Crippen LogP contribution in [0.25, 0.3) is 0 Å². The minimum absolute atomic E-state index is 0.0357. The molecule has 0 atom stereocenters. The van der Waals surface area contributed by atoms with Crippen molar-refractivity contribution in [1.82, 2.24) is 9.78 Å². The summed E-state index contributed by atoms with van der Waals surface area (Å²) in [5.41, 5.74) is 4.87. The van der Waals surface area contributed by atoms with Gasteiger partial charge in [0.25, 0.3) is 5.91 Å². The highest BCUT2D eigenvalue weighted by atomic mass is 16.2. The van der Waals surface area contributed by atoms with E-state index in [4.69, 9.17) is 0 Å². The van der Waals surface area contributed by atoms with Gasteiger partial charge in [-0.25, -0.2) is 4.68 Å². The first-order valence-corrected chi connectivity index (χ1v) is 7.21. The van der Waals surface area contributed by atoms with Crippen molar-refractivity contribution in [2.75, 3.05) is 0 Å². The molecule has 1 aromatic carbocycles. The van der Waals surface area contributed by atoms with Gasteiger partial charge in [-0.3, -0.25) is 4.79 Å². The number of hydrogen-bond acceptors (Lipinski definition) is 2. The molecule has 3 heteroatoms. The molecule has 0 saturated heterocycles. The van der Waals surface area contributed by atoms with Crippen molar-refractivity contribution >= 4 is 5.91 Å². The Hall–Kier alpha value is -1.90. The Balaban J connectivity index is 2.39. The molecule has 0 radical (unpaired) electrons. The van der Waals surface area contributed by atoms with Crippen LogP contribution in [-0.4, -0.2) is 15.7 Å². The fraction of sp³-hybridized carbons (Fsp3) is 0.412. The normalized spacial score (nSPS) is 10.8. The van der Waals surface area contributed by atoms with Crippen molar-refractivity contribution in [3.8, 4) is 0 Å². The van der Waals surface area contributed by atoms with Gasteiger partial charge in [0.15, 0.2) is 0 Å². The molecule has 106 valence electrons. The van der Waals surface area contributed by atoms with Gasteiger partial charge in [0, 0.05) is 11.3 Å². The molecule has 3 nitrogen and oxygen atoms in total. The summed E-state index contributed by atoms with van der Waals surface area (Å²) in [5.74, 6) is -0.0357. The summed E-state index contributed by atoms with van der Waals surface area (Å²) in [6.45, 7) is 8.10. The van der Waals surface area contributed by atoms with Gasteiger partial charge in [0.05, 0.1) is 5.69 Å². The average Bonchev–Trinajstić information content (AvgIpc) is 2.72. The summed E-state index contributed by atoms with van der Waals surface area (Å²) >= 11 is 0. The first-order chi connectivity index (χ1) is 9.56. The standard InChI is InChI=1S/C17H22N2O/c1-5-6-10-16-13(3)18-19(14(16)4)17(20)15-11-8-7-9-12(15)2/h7-9,11H,5-6,10H2,1-4H3. The molecule has 2 aromatic rings. The second-order valence-electron chi connectivity index (χ2n) is 5.28. The summed E-state index contributed by atoms with van der Waals surface area (Å²) in [6.07, 6.45) is 3.27. The zero-order valence-corrected chi connectivity index (χ0v) is 12.7. The number of unbranched alkanes of at least 4 members (excludes halogenated alkanes) is 1. The lowest BCUT2D eigenvalue weighted by atomic mass is 10.1. The second kappa shape index (κ2) is 6.04. The van der Waals surface area contributed by atoms with Crippen molar-refractivity contribution < 1.29 is 4.79 Å². The highest BCUT2D eigenvalue weighted by Crippen LogP contribution is 2.18. The minimum atomic E-state index is -0.0357. The van der Waals surface area contributed by atoms with E-state index in [1.165, 1.54) is 5.56 Å². The predicted octanol–water partition coefficient (Wildman–Crippen LogP) is 3.84. The molecule has 0 fully saturated rings. The van der Waals surface area contributed by atoms with Crippen LogP contribution < -0.4 is 0 Å². The Kier molecular flexibility index (Phi) is 4.38. The fourth-order valence-corrected chi connectivity index (χ4v) is 2.52. The number of aryl methyl sites for hydroxylation is 2. The molecular weight excluding hydrogens is 248 g/mol. The molecule has 2 rings (SSSR count). The smallest absolute Gasteiger partial charge is 0.267 e. The predicted molar refractivity (Wildman–Crippen MR) is 81.2 cm³/mol. The van der Waals surface area contributed by atoms with E-state index in [9.17, 15) is 4.79 Å². The average molecular weight is 270 g/mol. The van der Waals surface area contributed by atoms with Crippen LogP contribution in [0.1, 0.15) is 52.6 Å². The number of rotatable bonds is 4. The Bertz CT molecular complexity index is 626. The van der Waals surface area contributed by atoms with E-state index in [1.807, 2.05) is 45.0 Å². The van der Waals surface area contributed by atoms with Crippen LogP contribution in [-0.2, 0) is 6.42 Å². The van der Waals surface area contributed by atoms with E-state index in [-0.39, 0.29) is 5.91 Å². The van der Waals surface area contributed by atoms with E-state index in [2.05, 4.69) is 12.0 Å². The molecule has 0 amide bonds. The largest absolute Gasteiger partial charge is 0.278 e. The monoisotopic (exact) mass is 270 g/mol. The third-order valence-corrected chi connectivity index (χ3v) is 3.79. The summed E-state index contributed by atoms with van der Waals surface area (Å²) < 4.78 is 1.56. The molecule has 1 aromatic heterocycles. The van der Waals surface area contributed by atoms with E-state index in [1.54, 1.807) is 4.68 Å². The van der Waals surface area contributed by atoms with Gasteiger partial charge in [-0.2, -0.15) is 5.10 Å². The zero-order chi connectivity index (χ0) is 14.7. The lowest BCUT2D eigenvalue weighted by Gasteiger charge is -2.06. The highest BCUT2D eigenvalue weighted by molar-refractivity contribution is 5.97. The number of carbonyl (C=O) groups is 1. The Labute approximate surface area is 120 Å². The van der Waals surface area contributed by atoms with Gasteiger partial charge in [-0.05, 0) is 50.8 Å². The number of aromatic nitrogens is 2. The Morgan fingerprint density at radius 2 is 1.90 bits per heavy atom. The molecular formula is C17H22N2O. The summed E-state index contributed by atoms with van der Waals surface area (Å²) in [5, 5.41) is 4.45. The number of hydrogen-bond donors (Lipinski definition) is 0. The molecule has 0 aliphatic carbocycles. The highest BCUT2D eigenvalue weighted by Gasteiger charge is 2.18. The lowest BCUT2D eigenvalue weighted by Crippen LogP contribution is -2.16. The maximum absolute atomic E-state index is 12.6. The van der Waals surface area contributed by atoms with Crippen LogP contribution in [0, 0.1) is 20.8 Å². The third-order valence-electron chi connectivity index (χ3n) is 3.79.